The van der Waals surface area contributed by atoms with Crippen LogP contribution < -0.4 is 0 Å². The van der Waals surface area contributed by atoms with E-state index in [4.69, 9.17) is 109 Å². The molecule has 7 heterocycles. The summed E-state index contributed by atoms with van der Waals surface area (Å²) in [6, 6.07) is 43.3. The lowest BCUT2D eigenvalue weighted by Crippen LogP contribution is -2.44. The fourth-order valence-corrected chi connectivity index (χ4v) is 18.0. The maximum Gasteiger partial charge on any atom is 0.397 e. The van der Waals surface area contributed by atoms with Crippen molar-refractivity contribution < 1.29 is 93.6 Å². The fourth-order valence-electron chi connectivity index (χ4n) is 15.0. The molecule has 27 nitrogen and oxygen atoms in total. The molecule has 5 atom stereocenters. The number of methoxy groups -OCH3 is 6. The number of ketones is 1. The molecule has 1 unspecified atom stereocenters. The van der Waals surface area contributed by atoms with Gasteiger partial charge in [-0.25, -0.2) is 36.5 Å². The largest absolute Gasteiger partial charge is 0.469 e. The van der Waals surface area contributed by atoms with E-state index in [2.05, 4.69) is 19.9 Å². The molecule has 6 aliphatic rings. The minimum Gasteiger partial charge on any atom is -0.469 e. The zero-order chi connectivity index (χ0) is 91.8. The summed E-state index contributed by atoms with van der Waals surface area (Å²) in [4.78, 5) is 88.7. The normalized spacial score (nSPS) is 17.4. The van der Waals surface area contributed by atoms with E-state index in [0.29, 0.717) is 195 Å². The fraction of sp³-hybridized carbons (Fsp3) is 0.344. The van der Waals surface area contributed by atoms with Crippen LogP contribution in [0.15, 0.2) is 200 Å². The molecular formula is C93H94Cl4F4N11O16P. The van der Waals surface area contributed by atoms with Crippen molar-refractivity contribution in [3.05, 3.63) is 275 Å². The Hall–Kier alpha value is -10.9. The predicted molar refractivity (Wildman–Crippen MR) is 482 cm³/mol. The lowest BCUT2D eigenvalue weighted by Gasteiger charge is -2.41. The number of rotatable bonds is 26. The van der Waals surface area contributed by atoms with E-state index < -0.39 is 73.1 Å². The quantitative estimate of drug-likeness (QED) is 0.0228. The van der Waals surface area contributed by atoms with E-state index in [9.17, 15) is 46.8 Å². The van der Waals surface area contributed by atoms with E-state index >= 15 is 4.39 Å². The van der Waals surface area contributed by atoms with Crippen molar-refractivity contribution >= 4 is 130 Å². The molecule has 129 heavy (non-hydrogen) atoms. The number of nitrogens with zero attached hydrogens (tertiary/aromatic N) is 11. The third-order valence-corrected chi connectivity index (χ3v) is 25.1. The lowest BCUT2D eigenvalue weighted by molar-refractivity contribution is -0.141. The highest BCUT2D eigenvalue weighted by molar-refractivity contribution is 7.54. The second kappa shape index (κ2) is 46.6. The summed E-state index contributed by atoms with van der Waals surface area (Å²) in [6.45, 7) is 3.69. The molecule has 1 aromatic heterocycles. The van der Waals surface area contributed by atoms with Gasteiger partial charge in [0, 0.05) is 143 Å². The zero-order valence-corrected chi connectivity index (χ0v) is 75.3. The number of fused-ring (bicyclic) bond motifs is 6. The number of carbonyl (C=O) groups excluding carboxylic acids is 5. The monoisotopic (exact) mass is 1870 g/mol. The molecule has 9 aromatic rings. The van der Waals surface area contributed by atoms with Gasteiger partial charge in [-0.1, -0.05) is 101 Å². The summed E-state index contributed by atoms with van der Waals surface area (Å²) in [5, 5.41) is 20.6. The number of aliphatic hydroxyl groups excluding tert-OH is 1. The smallest absolute Gasteiger partial charge is 0.397 e. The van der Waals surface area contributed by atoms with Gasteiger partial charge in [0.25, 0.3) is 0 Å². The Morgan fingerprint density at radius 2 is 0.868 bits per heavy atom. The van der Waals surface area contributed by atoms with Gasteiger partial charge in [0.05, 0.1) is 114 Å². The van der Waals surface area contributed by atoms with Crippen molar-refractivity contribution in [1.82, 2.24) is 24.1 Å². The average molecular weight is 1870 g/mol. The van der Waals surface area contributed by atoms with Gasteiger partial charge in [-0.3, -0.25) is 53.5 Å². The number of esters is 4. The maximum atomic E-state index is 15.1. The Labute approximate surface area is 762 Å². The molecule has 0 radical (unpaired) electrons. The van der Waals surface area contributed by atoms with Gasteiger partial charge in [0.2, 0.25) is 5.90 Å². The van der Waals surface area contributed by atoms with Crippen LogP contribution in [0.2, 0.25) is 20.1 Å². The number of hydrogen-bond acceptors (Lipinski definition) is 24. The molecule has 0 saturated carbocycles. The van der Waals surface area contributed by atoms with Crippen molar-refractivity contribution in [3.8, 4) is 5.69 Å². The van der Waals surface area contributed by atoms with Crippen LogP contribution in [0.25, 0.3) is 5.69 Å². The Balaban J connectivity index is 0.000000158. The molecule has 2 saturated heterocycles. The summed E-state index contributed by atoms with van der Waals surface area (Å²) >= 11 is 25.0. The first-order valence-electron chi connectivity index (χ1n) is 41.4. The molecule has 15 rings (SSSR count). The number of aliphatic hydroxyl groups is 1. The summed E-state index contributed by atoms with van der Waals surface area (Å²) in [5.74, 6) is -2.28. The number of morpholine rings is 2. The standard InChI is InChI=1S/C27H31ClFN4O6P.C24H26ClFN2O4.C22H20ClFN4O3.C20H17ClFNO3/c1-36-25(34)9-8-24-27(39-40(35,32-10-14-37-15-11-32)33-12-16-38-17-13-33)31-23-7-6-19(28)18-21(23)26(30-24)20-4-2-3-5-22(20)29;1-31-14-16(29)8-10-21-22(11-12-23(30)32-2)28-24(17-5-3-4-6-19(17)26)18-13-15(25)7-9-20(18)27-21;1-30-12-19-26-27-22-17(8-10-20(29)31-2)25-21(14-5-3-4-6-16(14)24)15-11-13(23)7-9-18(15)28(19)22;1-26-19(25)9-8-17-18(24)10-12-6-7-13(21)11-15(12)20(23-17)14-4-2-3-5-16(14)22/h2-7,18,24H,8-17H2,1H3;3-7,9,13,16,22,29H,8,10-12,14H2,1-2H3;3-7,9,11,17H,8,10,12H2,1-2H3;2-7,11,17H,8-10H2,1H3/t24-;16?,22-;2*17-/m0000/s1. The van der Waals surface area contributed by atoms with Gasteiger partial charge >= 0.3 is 31.5 Å². The Morgan fingerprint density at radius 1 is 0.473 bits per heavy atom. The van der Waals surface area contributed by atoms with Crippen LogP contribution >= 0.6 is 54.1 Å². The first-order chi connectivity index (χ1) is 62.3. The summed E-state index contributed by atoms with van der Waals surface area (Å²) in [7, 11) is 4.67. The van der Waals surface area contributed by atoms with Gasteiger partial charge in [-0.2, -0.15) is 0 Å². The van der Waals surface area contributed by atoms with Gasteiger partial charge < -0.3 is 47.5 Å². The van der Waals surface area contributed by atoms with Crippen LogP contribution in [-0.4, -0.2) is 219 Å². The molecule has 8 aromatic carbocycles. The summed E-state index contributed by atoms with van der Waals surface area (Å²) in [6.07, 6.45) is 1.66. The Morgan fingerprint density at radius 3 is 1.34 bits per heavy atom. The van der Waals surface area contributed by atoms with Crippen LogP contribution in [0.4, 0.5) is 28.9 Å². The molecule has 6 aliphatic heterocycles. The minimum absolute atomic E-state index is 0.00584. The first-order valence-corrected chi connectivity index (χ1v) is 44.4. The van der Waals surface area contributed by atoms with Crippen molar-refractivity contribution in [1.29, 1.82) is 0 Å². The molecule has 1 N–H and O–H groups in total. The highest BCUT2D eigenvalue weighted by Gasteiger charge is 2.45. The van der Waals surface area contributed by atoms with Crippen molar-refractivity contribution in [2.45, 2.75) is 108 Å². The Bertz CT molecular complexity index is 5790. The molecule has 2 fully saturated rings. The molecular weight excluding hydrogens is 1780 g/mol. The Kier molecular flexibility index (Phi) is 35.1. The lowest BCUT2D eigenvalue weighted by atomic mass is 9.95. The van der Waals surface area contributed by atoms with Gasteiger partial charge in [0.1, 0.15) is 48.0 Å². The molecule has 0 bridgehead atoms. The highest BCUT2D eigenvalue weighted by Crippen LogP contribution is 2.56. The first kappa shape index (κ1) is 97.2. The van der Waals surface area contributed by atoms with E-state index in [1.807, 2.05) is 10.6 Å². The van der Waals surface area contributed by atoms with Crippen LogP contribution in [-0.2, 0) is 84.0 Å². The van der Waals surface area contributed by atoms with Crippen molar-refractivity contribution in [2.24, 2.45) is 30.0 Å². The second-order valence-electron chi connectivity index (χ2n) is 29.9. The number of ether oxygens (including phenoxy) is 8. The highest BCUT2D eigenvalue weighted by atomic mass is 35.5. The molecule has 0 spiro atoms. The number of benzene rings is 8. The molecule has 0 aliphatic carbocycles. The van der Waals surface area contributed by atoms with Crippen molar-refractivity contribution in [3.63, 3.8) is 0 Å². The third kappa shape index (κ3) is 24.8. The second-order valence-corrected chi connectivity index (χ2v) is 34.0. The topological polar surface area (TPSA) is 317 Å². The number of carbonyl (C=O) groups is 5. The van der Waals surface area contributed by atoms with Crippen LogP contribution in [0.3, 0.4) is 0 Å². The SMILES string of the molecule is COC(=O)CC[C@@H]1N=C(c2ccccc2F)c2cc(Cl)ccc2CC1=O.COC(=O)CC[C@@H]1N=C(c2ccccc2F)c2cc(Cl)ccc2N=C1OP(=O)(N1CCOCC1)N1CCOCC1.COCC(O)CCC1=Nc2ccc(Cl)cc2C(c2ccccc2F)=N[C@H]1CCC(=O)OC.COCc1nnc2n1-c1ccc(Cl)cc1C(c1ccccc1F)=N[C@H]2CCC(=O)OC. The number of aliphatic imine (C=N–C) groups is 6. The van der Waals surface area contributed by atoms with E-state index in [1.54, 1.807) is 156 Å². The number of Topliss-reactive ketones (excluding diaryl/α,β-unsaturated/α-hetero) is 1. The number of aromatic nitrogens is 3. The third-order valence-electron chi connectivity index (χ3n) is 21.5. The predicted octanol–water partition coefficient (Wildman–Crippen LogP) is 16.8. The molecule has 0 amide bonds. The van der Waals surface area contributed by atoms with Gasteiger partial charge in [0.15, 0.2) is 17.4 Å². The van der Waals surface area contributed by atoms with Gasteiger partial charge in [-0.05, 0) is 159 Å². The van der Waals surface area contributed by atoms with E-state index in [0.717, 1.165) is 5.56 Å². The molecule has 678 valence electrons. The number of hydrogen-bond donors (Lipinski definition) is 1. The summed E-state index contributed by atoms with van der Waals surface area (Å²) < 4.78 is 126. The van der Waals surface area contributed by atoms with Crippen LogP contribution in [0.1, 0.15) is 132 Å². The minimum atomic E-state index is -3.68. The van der Waals surface area contributed by atoms with E-state index in [-0.39, 0.29) is 87.3 Å². The molecule has 36 heteroatoms. The van der Waals surface area contributed by atoms with Crippen LogP contribution in [0.5, 0.6) is 0 Å². The van der Waals surface area contributed by atoms with Crippen molar-refractivity contribution in [2.75, 3.05) is 102 Å². The average Bonchev–Trinajstić information content (AvgIpc) is 1.58. The maximum absolute atomic E-state index is 15.1. The zero-order valence-electron chi connectivity index (χ0n) is 71.4. The van der Waals surface area contributed by atoms with E-state index in [1.165, 1.54) is 59.8 Å². The number of halogens is 8. The summed E-state index contributed by atoms with van der Waals surface area (Å²) in [5.41, 5.74) is 8.29. The van der Waals surface area contributed by atoms with Gasteiger partial charge in [-0.15, -0.1) is 10.2 Å². The van der Waals surface area contributed by atoms with Crippen LogP contribution in [0, 0.1) is 23.3 Å².